The van der Waals surface area contributed by atoms with E-state index in [1.165, 1.54) is 39.6 Å². The number of imidazole rings is 2. The van der Waals surface area contributed by atoms with Crippen molar-refractivity contribution >= 4 is 66.8 Å². The van der Waals surface area contributed by atoms with Gasteiger partial charge >= 0.3 is 12.4 Å². The van der Waals surface area contributed by atoms with E-state index < -0.39 is 35.1 Å². The Morgan fingerprint density at radius 3 is 1.77 bits per heavy atom. The van der Waals surface area contributed by atoms with Crippen molar-refractivity contribution in [1.82, 2.24) is 39.2 Å². The Labute approximate surface area is 234 Å². The van der Waals surface area contributed by atoms with Gasteiger partial charge < -0.3 is 11.5 Å². The van der Waals surface area contributed by atoms with Crippen LogP contribution in [0.15, 0.2) is 43.1 Å². The molecule has 6 rings (SSSR count). The summed E-state index contributed by atoms with van der Waals surface area (Å²) >= 11 is 4.40. The first-order valence-corrected chi connectivity index (χ1v) is 13.0. The second-order valence-corrected chi connectivity index (χ2v) is 10.6. The third kappa shape index (κ3) is 5.45. The standard InChI is InChI=1S/C10H5F3IN5S.C10H6F3N5S/c11-10(12,13)5-1-4(2-16-7(5)15)8-18-19-6(14)3-17-9(19)20-8;11-10(12,13)6-3-5(4-16-7(6)14)8-17-18-2-1-15-9(18)19-8/h1-3H,(H2,15,16);1-4H,(H2,14,16). The third-order valence-corrected chi connectivity index (χ3v) is 7.65. The van der Waals surface area contributed by atoms with Crippen LogP contribution in [-0.2, 0) is 12.4 Å². The van der Waals surface area contributed by atoms with Crippen molar-refractivity contribution in [3.05, 3.63) is 57.9 Å². The minimum atomic E-state index is -4.54. The van der Waals surface area contributed by atoms with Gasteiger partial charge in [0, 0.05) is 29.7 Å². The van der Waals surface area contributed by atoms with Crippen molar-refractivity contribution in [2.24, 2.45) is 0 Å². The summed E-state index contributed by atoms with van der Waals surface area (Å²) in [6.07, 6.45) is -1.73. The molecule has 0 saturated carbocycles. The summed E-state index contributed by atoms with van der Waals surface area (Å²) in [5.41, 5.74) is 9.11. The lowest BCUT2D eigenvalue weighted by molar-refractivity contribution is -0.137. The van der Waals surface area contributed by atoms with Crippen molar-refractivity contribution in [3.63, 3.8) is 0 Å². The Morgan fingerprint density at radius 1 is 0.718 bits per heavy atom. The maximum atomic E-state index is 12.8. The Bertz CT molecular complexity index is 1770. The number of fused-ring (bicyclic) bond motifs is 2. The van der Waals surface area contributed by atoms with E-state index in [-0.39, 0.29) is 11.1 Å². The van der Waals surface area contributed by atoms with Crippen LogP contribution < -0.4 is 11.5 Å². The number of rotatable bonds is 2. The molecule has 0 atom stereocenters. The Morgan fingerprint density at radius 2 is 1.26 bits per heavy atom. The quantitative estimate of drug-likeness (QED) is 0.179. The predicted molar refractivity (Wildman–Crippen MR) is 140 cm³/mol. The first-order chi connectivity index (χ1) is 18.3. The summed E-state index contributed by atoms with van der Waals surface area (Å²) in [7, 11) is 0. The van der Waals surface area contributed by atoms with Crippen LogP contribution in [0.3, 0.4) is 0 Å². The first kappa shape index (κ1) is 27.0. The van der Waals surface area contributed by atoms with Gasteiger partial charge in [0.05, 0.1) is 23.5 Å². The number of nitrogen functional groups attached to an aromatic ring is 2. The molecule has 4 N–H and O–H groups in total. The van der Waals surface area contributed by atoms with Crippen molar-refractivity contribution in [2.75, 3.05) is 11.5 Å². The minimum Gasteiger partial charge on any atom is -0.383 e. The molecule has 0 saturated heterocycles. The van der Waals surface area contributed by atoms with Crippen LogP contribution in [0.25, 0.3) is 31.1 Å². The fourth-order valence-electron chi connectivity index (χ4n) is 3.18. The number of pyridine rings is 2. The lowest BCUT2D eigenvalue weighted by Crippen LogP contribution is -2.10. The fourth-order valence-corrected chi connectivity index (χ4v) is 5.51. The van der Waals surface area contributed by atoms with Gasteiger partial charge in [-0.2, -0.15) is 41.1 Å². The molecule has 0 aliphatic carbocycles. The molecule has 0 spiro atoms. The third-order valence-electron chi connectivity index (χ3n) is 4.96. The van der Waals surface area contributed by atoms with Gasteiger partial charge in [0.25, 0.3) is 0 Å². The van der Waals surface area contributed by atoms with E-state index in [0.29, 0.717) is 19.9 Å². The van der Waals surface area contributed by atoms with Gasteiger partial charge in [-0.15, -0.1) is 0 Å². The molecule has 10 nitrogen and oxygen atoms in total. The van der Waals surface area contributed by atoms with Crippen molar-refractivity contribution in [2.45, 2.75) is 12.4 Å². The minimum absolute atomic E-state index is 0.261. The van der Waals surface area contributed by atoms with Gasteiger partial charge in [0.15, 0.2) is 0 Å². The Kier molecular flexibility index (Phi) is 6.83. The molecule has 0 aliphatic heterocycles. The van der Waals surface area contributed by atoms with E-state index in [0.717, 1.165) is 15.8 Å². The maximum absolute atomic E-state index is 12.8. The van der Waals surface area contributed by atoms with Crippen LogP contribution in [0.1, 0.15) is 11.1 Å². The van der Waals surface area contributed by atoms with E-state index in [2.05, 4.69) is 30.1 Å². The molecule has 6 aromatic heterocycles. The number of hydrogen-bond donors (Lipinski definition) is 2. The maximum Gasteiger partial charge on any atom is 0.419 e. The van der Waals surface area contributed by atoms with Crippen LogP contribution in [0.2, 0.25) is 0 Å². The average molecular weight is 696 g/mol. The van der Waals surface area contributed by atoms with E-state index in [1.807, 2.05) is 22.6 Å². The highest BCUT2D eigenvalue weighted by Gasteiger charge is 2.35. The summed E-state index contributed by atoms with van der Waals surface area (Å²) < 4.78 is 80.4. The van der Waals surface area contributed by atoms with Gasteiger partial charge in [-0.25, -0.2) is 24.5 Å². The molecule has 202 valence electrons. The summed E-state index contributed by atoms with van der Waals surface area (Å²) in [6.45, 7) is 0. The molecular weight excluding hydrogens is 685 g/mol. The molecule has 0 fully saturated rings. The molecule has 0 aromatic carbocycles. The number of halogens is 7. The van der Waals surface area contributed by atoms with Crippen molar-refractivity contribution in [1.29, 1.82) is 0 Å². The fraction of sp³-hybridized carbons (Fsp3) is 0.100. The normalized spacial score (nSPS) is 12.2. The summed E-state index contributed by atoms with van der Waals surface area (Å²) in [4.78, 5) is 16.5. The highest BCUT2D eigenvalue weighted by molar-refractivity contribution is 14.1. The smallest absolute Gasteiger partial charge is 0.383 e. The zero-order valence-electron chi connectivity index (χ0n) is 18.7. The number of nitrogens with two attached hydrogens (primary N) is 2. The van der Waals surface area contributed by atoms with Gasteiger partial charge in [0.1, 0.15) is 25.4 Å². The first-order valence-electron chi connectivity index (χ1n) is 10.3. The summed E-state index contributed by atoms with van der Waals surface area (Å²) in [5, 5.41) is 9.14. The molecular formula is C20H11F6IN10S2. The zero-order valence-corrected chi connectivity index (χ0v) is 22.5. The van der Waals surface area contributed by atoms with E-state index in [9.17, 15) is 26.3 Å². The number of nitrogens with zero attached hydrogens (tertiary/aromatic N) is 8. The van der Waals surface area contributed by atoms with Crippen molar-refractivity contribution in [3.8, 4) is 21.1 Å². The molecule has 0 unspecified atom stereocenters. The lowest BCUT2D eigenvalue weighted by Gasteiger charge is -2.09. The number of alkyl halides is 6. The van der Waals surface area contributed by atoms with Crippen LogP contribution in [0, 0.1) is 3.70 Å². The highest BCUT2D eigenvalue weighted by atomic mass is 127. The van der Waals surface area contributed by atoms with Gasteiger partial charge in [-0.3, -0.25) is 0 Å². The summed E-state index contributed by atoms with van der Waals surface area (Å²) in [6, 6.07) is 1.90. The van der Waals surface area contributed by atoms with Crippen LogP contribution in [0.4, 0.5) is 38.0 Å². The van der Waals surface area contributed by atoms with E-state index in [1.54, 1.807) is 23.1 Å². The summed E-state index contributed by atoms with van der Waals surface area (Å²) in [5.74, 6) is -1.09. The Balaban J connectivity index is 0.000000158. The molecule has 0 aliphatic rings. The highest BCUT2D eigenvalue weighted by Crippen LogP contribution is 2.37. The lowest BCUT2D eigenvalue weighted by atomic mass is 10.2. The second kappa shape index (κ2) is 9.86. The Hall–Kier alpha value is -3.59. The van der Waals surface area contributed by atoms with Gasteiger partial charge in [0.2, 0.25) is 9.92 Å². The molecule has 19 heteroatoms. The van der Waals surface area contributed by atoms with E-state index in [4.69, 9.17) is 11.5 Å². The largest absolute Gasteiger partial charge is 0.419 e. The number of hydrogen-bond acceptors (Lipinski definition) is 10. The molecule has 6 heterocycles. The van der Waals surface area contributed by atoms with Crippen molar-refractivity contribution < 1.29 is 26.3 Å². The van der Waals surface area contributed by atoms with Gasteiger partial charge in [-0.05, 0) is 34.7 Å². The molecule has 0 bridgehead atoms. The van der Waals surface area contributed by atoms with E-state index >= 15 is 0 Å². The van der Waals surface area contributed by atoms with Crippen LogP contribution >= 0.6 is 45.3 Å². The second-order valence-electron chi connectivity index (χ2n) is 7.55. The predicted octanol–water partition coefficient (Wildman–Crippen LogP) is 5.51. The number of aromatic nitrogens is 8. The monoisotopic (exact) mass is 696 g/mol. The van der Waals surface area contributed by atoms with Crippen LogP contribution in [-0.4, -0.2) is 39.2 Å². The van der Waals surface area contributed by atoms with Crippen LogP contribution in [0.5, 0.6) is 0 Å². The molecule has 39 heavy (non-hydrogen) atoms. The topological polar surface area (TPSA) is 138 Å². The average Bonchev–Trinajstić information content (AvgIpc) is 3.61. The molecule has 0 amide bonds. The zero-order chi connectivity index (χ0) is 28.1. The molecule has 0 radical (unpaired) electrons. The van der Waals surface area contributed by atoms with Gasteiger partial charge in [-0.1, -0.05) is 22.7 Å². The SMILES string of the molecule is Nc1ncc(-c2nn3c(I)cnc3s2)cc1C(F)(F)F.Nc1ncc(-c2nn3ccnc3s2)cc1C(F)(F)F. The number of anilines is 2. The molecule has 6 aromatic rings.